The van der Waals surface area contributed by atoms with Crippen LogP contribution in [0.1, 0.15) is 31.4 Å². The lowest BCUT2D eigenvalue weighted by molar-refractivity contribution is 0.290. The predicted molar refractivity (Wildman–Crippen MR) is 73.5 cm³/mol. The van der Waals surface area contributed by atoms with E-state index in [2.05, 4.69) is 48.5 Å². The SMILES string of the molecule is CCC(NC)c1ccccc1N(C)CCCO. The Hall–Kier alpha value is -1.06. The third kappa shape index (κ3) is 3.72. The van der Waals surface area contributed by atoms with Gasteiger partial charge in [-0.15, -0.1) is 0 Å². The van der Waals surface area contributed by atoms with Crippen LogP contribution in [-0.4, -0.2) is 32.4 Å². The van der Waals surface area contributed by atoms with Gasteiger partial charge >= 0.3 is 0 Å². The number of nitrogens with zero attached hydrogens (tertiary/aromatic N) is 1. The minimum atomic E-state index is 0.246. The van der Waals surface area contributed by atoms with Crippen molar-refractivity contribution >= 4 is 5.69 Å². The number of para-hydroxylation sites is 1. The summed E-state index contributed by atoms with van der Waals surface area (Å²) in [6.45, 7) is 3.31. The van der Waals surface area contributed by atoms with Gasteiger partial charge in [0.15, 0.2) is 0 Å². The average molecular weight is 236 g/mol. The Bertz CT molecular complexity index is 324. The van der Waals surface area contributed by atoms with Crippen LogP contribution in [0.5, 0.6) is 0 Å². The lowest BCUT2D eigenvalue weighted by Crippen LogP contribution is -2.24. The molecule has 0 heterocycles. The standard InChI is InChI=1S/C14H24N2O/c1-4-13(15-2)12-8-5-6-9-14(12)16(3)10-7-11-17/h5-6,8-9,13,15,17H,4,7,10-11H2,1-3H3. The Kier molecular flexibility index (Phi) is 6.01. The molecule has 1 aromatic carbocycles. The monoisotopic (exact) mass is 236 g/mol. The van der Waals surface area contributed by atoms with Crippen molar-refractivity contribution in [3.63, 3.8) is 0 Å². The van der Waals surface area contributed by atoms with Crippen molar-refractivity contribution < 1.29 is 5.11 Å². The summed E-state index contributed by atoms with van der Waals surface area (Å²) in [7, 11) is 4.08. The Morgan fingerprint density at radius 3 is 2.65 bits per heavy atom. The third-order valence-corrected chi connectivity index (χ3v) is 3.13. The molecule has 0 fully saturated rings. The topological polar surface area (TPSA) is 35.5 Å². The second kappa shape index (κ2) is 7.30. The summed E-state index contributed by atoms with van der Waals surface area (Å²) < 4.78 is 0. The molecule has 0 saturated carbocycles. The highest BCUT2D eigenvalue weighted by Gasteiger charge is 2.13. The lowest BCUT2D eigenvalue weighted by atomic mass is 10.0. The first-order valence-corrected chi connectivity index (χ1v) is 6.32. The Morgan fingerprint density at radius 2 is 2.06 bits per heavy atom. The van der Waals surface area contributed by atoms with E-state index in [4.69, 9.17) is 5.11 Å². The van der Waals surface area contributed by atoms with E-state index in [0.29, 0.717) is 6.04 Å². The fourth-order valence-electron chi connectivity index (χ4n) is 2.14. The van der Waals surface area contributed by atoms with E-state index in [9.17, 15) is 0 Å². The normalized spacial score (nSPS) is 12.5. The summed E-state index contributed by atoms with van der Waals surface area (Å²) in [6.07, 6.45) is 1.88. The summed E-state index contributed by atoms with van der Waals surface area (Å²) in [6, 6.07) is 8.86. The molecule has 1 atom stereocenters. The molecule has 0 radical (unpaired) electrons. The number of rotatable bonds is 7. The zero-order chi connectivity index (χ0) is 12.7. The summed E-state index contributed by atoms with van der Waals surface area (Å²) in [5.41, 5.74) is 2.58. The van der Waals surface area contributed by atoms with Gasteiger partial charge in [-0.1, -0.05) is 25.1 Å². The summed E-state index contributed by atoms with van der Waals surface area (Å²) in [5, 5.41) is 12.2. The molecule has 0 aromatic heterocycles. The second-order valence-electron chi connectivity index (χ2n) is 4.31. The van der Waals surface area contributed by atoms with E-state index in [-0.39, 0.29) is 6.61 Å². The van der Waals surface area contributed by atoms with E-state index in [1.165, 1.54) is 11.3 Å². The quantitative estimate of drug-likeness (QED) is 0.761. The number of aliphatic hydroxyl groups is 1. The van der Waals surface area contributed by atoms with E-state index in [0.717, 1.165) is 19.4 Å². The van der Waals surface area contributed by atoms with E-state index in [1.54, 1.807) is 0 Å². The fraction of sp³-hybridized carbons (Fsp3) is 0.571. The first-order chi connectivity index (χ1) is 8.24. The highest BCUT2D eigenvalue weighted by atomic mass is 16.3. The highest BCUT2D eigenvalue weighted by molar-refractivity contribution is 5.54. The molecule has 96 valence electrons. The zero-order valence-electron chi connectivity index (χ0n) is 11.1. The molecule has 0 aliphatic carbocycles. The molecular weight excluding hydrogens is 212 g/mol. The van der Waals surface area contributed by atoms with Gasteiger partial charge in [-0.3, -0.25) is 0 Å². The first kappa shape index (κ1) is 14.0. The maximum Gasteiger partial charge on any atom is 0.0447 e. The van der Waals surface area contributed by atoms with Crippen LogP contribution in [0, 0.1) is 0 Å². The van der Waals surface area contributed by atoms with Gasteiger partial charge in [0.05, 0.1) is 0 Å². The van der Waals surface area contributed by atoms with Gasteiger partial charge in [0, 0.05) is 31.9 Å². The summed E-state index contributed by atoms with van der Waals surface area (Å²) >= 11 is 0. The molecule has 0 aliphatic rings. The molecule has 1 unspecified atom stereocenters. The lowest BCUT2D eigenvalue weighted by Gasteiger charge is -2.26. The van der Waals surface area contributed by atoms with Gasteiger partial charge in [0.25, 0.3) is 0 Å². The summed E-state index contributed by atoms with van der Waals surface area (Å²) in [5.74, 6) is 0. The smallest absolute Gasteiger partial charge is 0.0447 e. The molecule has 2 N–H and O–H groups in total. The minimum absolute atomic E-state index is 0.246. The molecular formula is C14H24N2O. The average Bonchev–Trinajstić information content (AvgIpc) is 2.38. The van der Waals surface area contributed by atoms with Crippen LogP contribution in [0.25, 0.3) is 0 Å². The van der Waals surface area contributed by atoms with Crippen molar-refractivity contribution in [3.05, 3.63) is 29.8 Å². The predicted octanol–water partition coefficient (Wildman–Crippen LogP) is 2.18. The maximum atomic E-state index is 8.89. The van der Waals surface area contributed by atoms with E-state index in [1.807, 2.05) is 7.05 Å². The first-order valence-electron chi connectivity index (χ1n) is 6.32. The fourth-order valence-corrected chi connectivity index (χ4v) is 2.14. The van der Waals surface area contributed by atoms with Gasteiger partial charge in [-0.25, -0.2) is 0 Å². The largest absolute Gasteiger partial charge is 0.396 e. The highest BCUT2D eigenvalue weighted by Crippen LogP contribution is 2.27. The minimum Gasteiger partial charge on any atom is -0.396 e. The van der Waals surface area contributed by atoms with Crippen molar-refractivity contribution in [3.8, 4) is 0 Å². The molecule has 0 aliphatic heterocycles. The van der Waals surface area contributed by atoms with Gasteiger partial charge < -0.3 is 15.3 Å². The number of aliphatic hydroxyl groups excluding tert-OH is 1. The Morgan fingerprint density at radius 1 is 1.35 bits per heavy atom. The Labute approximate surface area is 104 Å². The van der Waals surface area contributed by atoms with Crippen LogP contribution < -0.4 is 10.2 Å². The molecule has 1 rings (SSSR count). The maximum absolute atomic E-state index is 8.89. The molecule has 0 amide bonds. The molecule has 3 heteroatoms. The van der Waals surface area contributed by atoms with Gasteiger partial charge in [0.2, 0.25) is 0 Å². The molecule has 0 bridgehead atoms. The van der Waals surface area contributed by atoms with E-state index < -0.39 is 0 Å². The molecule has 0 spiro atoms. The van der Waals surface area contributed by atoms with Crippen LogP contribution in [0.15, 0.2) is 24.3 Å². The number of anilines is 1. The molecule has 3 nitrogen and oxygen atoms in total. The number of benzene rings is 1. The number of nitrogens with one attached hydrogen (secondary N) is 1. The van der Waals surface area contributed by atoms with Crippen LogP contribution in [0.2, 0.25) is 0 Å². The van der Waals surface area contributed by atoms with Crippen molar-refractivity contribution in [1.29, 1.82) is 0 Å². The van der Waals surface area contributed by atoms with Crippen LogP contribution >= 0.6 is 0 Å². The summed E-state index contributed by atoms with van der Waals surface area (Å²) in [4.78, 5) is 2.21. The van der Waals surface area contributed by atoms with Gasteiger partial charge in [0.1, 0.15) is 0 Å². The van der Waals surface area contributed by atoms with Crippen molar-refractivity contribution in [2.75, 3.05) is 32.1 Å². The van der Waals surface area contributed by atoms with Crippen LogP contribution in [0.4, 0.5) is 5.69 Å². The molecule has 1 aromatic rings. The van der Waals surface area contributed by atoms with Crippen molar-refractivity contribution in [1.82, 2.24) is 5.32 Å². The molecule has 17 heavy (non-hydrogen) atoms. The van der Waals surface area contributed by atoms with Crippen molar-refractivity contribution in [2.45, 2.75) is 25.8 Å². The third-order valence-electron chi connectivity index (χ3n) is 3.13. The van der Waals surface area contributed by atoms with Crippen LogP contribution in [-0.2, 0) is 0 Å². The van der Waals surface area contributed by atoms with Crippen LogP contribution in [0.3, 0.4) is 0 Å². The van der Waals surface area contributed by atoms with Crippen molar-refractivity contribution in [2.24, 2.45) is 0 Å². The second-order valence-corrected chi connectivity index (χ2v) is 4.31. The van der Waals surface area contributed by atoms with Gasteiger partial charge in [-0.2, -0.15) is 0 Å². The number of hydrogen-bond donors (Lipinski definition) is 2. The zero-order valence-corrected chi connectivity index (χ0v) is 11.1. The number of hydrogen-bond acceptors (Lipinski definition) is 3. The Balaban J connectivity index is 2.90. The van der Waals surface area contributed by atoms with E-state index >= 15 is 0 Å². The molecule has 0 saturated heterocycles. The van der Waals surface area contributed by atoms with Gasteiger partial charge in [-0.05, 0) is 31.5 Å².